The van der Waals surface area contributed by atoms with Gasteiger partial charge in [0.05, 0.1) is 16.8 Å². The van der Waals surface area contributed by atoms with Crippen LogP contribution in [0.2, 0.25) is 0 Å². The van der Waals surface area contributed by atoms with Gasteiger partial charge < -0.3 is 0 Å². The van der Waals surface area contributed by atoms with Crippen molar-refractivity contribution in [3.63, 3.8) is 0 Å². The van der Waals surface area contributed by atoms with Gasteiger partial charge in [-0.05, 0) is 13.0 Å². The van der Waals surface area contributed by atoms with Crippen molar-refractivity contribution in [1.82, 2.24) is 9.66 Å². The van der Waals surface area contributed by atoms with E-state index in [1.165, 1.54) is 23.5 Å². The molecule has 0 atom stereocenters. The maximum absolute atomic E-state index is 11.0. The molecule has 7 nitrogen and oxygen atoms in total. The van der Waals surface area contributed by atoms with Gasteiger partial charge >= 0.3 is 0 Å². The highest BCUT2D eigenvalue weighted by molar-refractivity contribution is 7.07. The summed E-state index contributed by atoms with van der Waals surface area (Å²) >= 11 is 1.44. The first kappa shape index (κ1) is 16.7. The zero-order valence-electron chi connectivity index (χ0n) is 13.4. The quantitative estimate of drug-likeness (QED) is 0.400. The second-order valence-electron chi connectivity index (χ2n) is 5.03. The standard InChI is InChI=1S/C17H15N5O2S/c1-2-19-17-21(20-11-13-5-4-8-18-10-13)16(12-25-17)14-6-3-7-15(9-14)22(23)24/h3-12H,2H2,1H3/b19-17?,20-11-. The Morgan fingerprint density at radius 2 is 2.24 bits per heavy atom. The van der Waals surface area contributed by atoms with Crippen molar-refractivity contribution in [3.05, 3.63) is 74.7 Å². The second-order valence-corrected chi connectivity index (χ2v) is 5.86. The summed E-state index contributed by atoms with van der Waals surface area (Å²) in [5.74, 6) is 0. The molecule has 25 heavy (non-hydrogen) atoms. The van der Waals surface area contributed by atoms with Crippen LogP contribution in [-0.4, -0.2) is 27.3 Å². The molecule has 3 rings (SSSR count). The molecular formula is C17H15N5O2S. The number of aromatic nitrogens is 2. The van der Waals surface area contributed by atoms with E-state index >= 15 is 0 Å². The Morgan fingerprint density at radius 3 is 2.96 bits per heavy atom. The lowest BCUT2D eigenvalue weighted by molar-refractivity contribution is -0.384. The molecule has 0 unspecified atom stereocenters. The van der Waals surface area contributed by atoms with E-state index in [9.17, 15) is 10.1 Å². The van der Waals surface area contributed by atoms with Gasteiger partial charge in [0.15, 0.2) is 0 Å². The van der Waals surface area contributed by atoms with E-state index < -0.39 is 4.92 Å². The average Bonchev–Trinajstić information content (AvgIpc) is 3.04. The predicted octanol–water partition coefficient (Wildman–Crippen LogP) is 3.32. The fourth-order valence-corrected chi connectivity index (χ4v) is 3.11. The zero-order valence-corrected chi connectivity index (χ0v) is 14.3. The van der Waals surface area contributed by atoms with E-state index in [1.54, 1.807) is 29.4 Å². The zero-order chi connectivity index (χ0) is 17.6. The molecule has 126 valence electrons. The van der Waals surface area contributed by atoms with Crippen LogP contribution in [0.25, 0.3) is 11.3 Å². The van der Waals surface area contributed by atoms with Crippen LogP contribution >= 0.6 is 11.3 Å². The predicted molar refractivity (Wildman–Crippen MR) is 97.7 cm³/mol. The van der Waals surface area contributed by atoms with Crippen molar-refractivity contribution < 1.29 is 4.92 Å². The number of nitro benzene ring substituents is 1. The number of hydrogen-bond acceptors (Lipinski definition) is 6. The van der Waals surface area contributed by atoms with Gasteiger partial charge in [-0.1, -0.05) is 18.2 Å². The Labute approximate surface area is 147 Å². The molecule has 0 fully saturated rings. The fraction of sp³-hybridized carbons (Fsp3) is 0.118. The van der Waals surface area contributed by atoms with Gasteiger partial charge in [-0.3, -0.25) is 20.1 Å². The molecule has 0 radical (unpaired) electrons. The van der Waals surface area contributed by atoms with Gasteiger partial charge in [0.25, 0.3) is 5.69 Å². The number of benzene rings is 1. The fourth-order valence-electron chi connectivity index (χ4n) is 2.21. The van der Waals surface area contributed by atoms with Gasteiger partial charge in [-0.2, -0.15) is 5.10 Å². The van der Waals surface area contributed by atoms with Crippen LogP contribution in [-0.2, 0) is 0 Å². The van der Waals surface area contributed by atoms with E-state index in [2.05, 4.69) is 15.1 Å². The number of non-ortho nitro benzene ring substituents is 1. The minimum Gasteiger partial charge on any atom is -0.264 e. The number of hydrogen-bond donors (Lipinski definition) is 0. The van der Waals surface area contributed by atoms with Crippen LogP contribution in [0.1, 0.15) is 12.5 Å². The largest absolute Gasteiger partial charge is 0.270 e. The molecule has 0 saturated carbocycles. The number of pyridine rings is 1. The van der Waals surface area contributed by atoms with Crippen LogP contribution < -0.4 is 4.80 Å². The molecule has 0 aliphatic carbocycles. The highest BCUT2D eigenvalue weighted by Gasteiger charge is 2.11. The highest BCUT2D eigenvalue weighted by atomic mass is 32.1. The third-order valence-electron chi connectivity index (χ3n) is 3.34. The molecule has 1 aromatic carbocycles. The van der Waals surface area contributed by atoms with Crippen molar-refractivity contribution in [3.8, 4) is 11.3 Å². The molecular weight excluding hydrogens is 338 g/mol. The Hall–Kier alpha value is -3.13. The van der Waals surface area contributed by atoms with Crippen molar-refractivity contribution in [2.75, 3.05) is 6.54 Å². The van der Waals surface area contributed by atoms with Crippen molar-refractivity contribution in [1.29, 1.82) is 0 Å². The maximum atomic E-state index is 11.0. The van der Waals surface area contributed by atoms with Crippen LogP contribution in [0.5, 0.6) is 0 Å². The molecule has 0 aliphatic heterocycles. The Morgan fingerprint density at radius 1 is 1.36 bits per heavy atom. The molecule has 0 bridgehead atoms. The van der Waals surface area contributed by atoms with Crippen LogP contribution in [0.15, 0.2) is 64.3 Å². The number of nitro groups is 1. The first-order chi connectivity index (χ1) is 12.2. The molecule has 2 aromatic heterocycles. The normalized spacial score (nSPS) is 12.0. The van der Waals surface area contributed by atoms with Crippen LogP contribution in [0.4, 0.5) is 5.69 Å². The van der Waals surface area contributed by atoms with Gasteiger partial charge in [0, 0.05) is 47.6 Å². The molecule has 0 spiro atoms. The summed E-state index contributed by atoms with van der Waals surface area (Å²) in [5.41, 5.74) is 2.36. The third-order valence-corrected chi connectivity index (χ3v) is 4.19. The molecule has 0 amide bonds. The topological polar surface area (TPSA) is 85.7 Å². The van der Waals surface area contributed by atoms with Gasteiger partial charge in [-0.15, -0.1) is 11.3 Å². The average molecular weight is 353 g/mol. The monoisotopic (exact) mass is 353 g/mol. The summed E-state index contributed by atoms with van der Waals surface area (Å²) in [6.45, 7) is 2.57. The number of thiazole rings is 1. The van der Waals surface area contributed by atoms with Crippen molar-refractivity contribution in [2.45, 2.75) is 6.92 Å². The molecule has 0 aliphatic rings. The Balaban J connectivity index is 2.09. The Kier molecular flexibility index (Phi) is 5.10. The van der Waals surface area contributed by atoms with E-state index in [0.29, 0.717) is 12.1 Å². The first-order valence-corrected chi connectivity index (χ1v) is 8.47. The molecule has 8 heteroatoms. The van der Waals surface area contributed by atoms with E-state index in [0.717, 1.165) is 16.1 Å². The summed E-state index contributed by atoms with van der Waals surface area (Å²) in [7, 11) is 0. The molecule has 2 heterocycles. The first-order valence-electron chi connectivity index (χ1n) is 7.59. The molecule has 3 aromatic rings. The summed E-state index contributed by atoms with van der Waals surface area (Å²) in [6.07, 6.45) is 5.09. The summed E-state index contributed by atoms with van der Waals surface area (Å²) < 4.78 is 1.69. The second kappa shape index (κ2) is 7.63. The van der Waals surface area contributed by atoms with Crippen LogP contribution in [0, 0.1) is 10.1 Å². The molecule has 0 N–H and O–H groups in total. The van der Waals surface area contributed by atoms with Gasteiger partial charge in [-0.25, -0.2) is 4.68 Å². The van der Waals surface area contributed by atoms with Crippen molar-refractivity contribution in [2.24, 2.45) is 10.1 Å². The summed E-state index contributed by atoms with van der Waals surface area (Å²) in [6, 6.07) is 10.2. The molecule has 0 saturated heterocycles. The number of rotatable bonds is 5. The van der Waals surface area contributed by atoms with E-state index in [1.807, 2.05) is 30.5 Å². The van der Waals surface area contributed by atoms with Gasteiger partial charge in [0.2, 0.25) is 4.80 Å². The van der Waals surface area contributed by atoms with Crippen LogP contribution in [0.3, 0.4) is 0 Å². The third kappa shape index (κ3) is 3.86. The maximum Gasteiger partial charge on any atom is 0.270 e. The van der Waals surface area contributed by atoms with Crippen molar-refractivity contribution >= 4 is 23.2 Å². The lowest BCUT2D eigenvalue weighted by Crippen LogP contribution is -2.12. The SMILES string of the molecule is CCN=c1scc(-c2cccc([N+](=O)[O-])c2)n1/N=C\c1cccnc1. The minimum atomic E-state index is -0.406. The smallest absolute Gasteiger partial charge is 0.264 e. The summed E-state index contributed by atoms with van der Waals surface area (Å²) in [4.78, 5) is 19.9. The Bertz CT molecular complexity index is 976. The lowest BCUT2D eigenvalue weighted by atomic mass is 10.1. The minimum absolute atomic E-state index is 0.0421. The van der Waals surface area contributed by atoms with E-state index in [-0.39, 0.29) is 5.69 Å². The number of nitrogens with zero attached hydrogens (tertiary/aromatic N) is 5. The van der Waals surface area contributed by atoms with Gasteiger partial charge in [0.1, 0.15) is 0 Å². The highest BCUT2D eigenvalue weighted by Crippen LogP contribution is 2.24. The summed E-state index contributed by atoms with van der Waals surface area (Å²) in [5, 5.41) is 17.4. The lowest BCUT2D eigenvalue weighted by Gasteiger charge is -2.03. The van der Waals surface area contributed by atoms with E-state index in [4.69, 9.17) is 0 Å².